The van der Waals surface area contributed by atoms with Gasteiger partial charge in [-0.25, -0.2) is 0 Å². The standard InChI is InChI=1S/C7H15O4.Hf/c1-6(2,9-3)7(8,10-4)11-5;/h1-5H3;/q-1;+1. The maximum atomic E-state index is 5.26. The molecule has 0 aromatic carbocycles. The van der Waals surface area contributed by atoms with Gasteiger partial charge in [-0.15, -0.1) is 0 Å². The van der Waals surface area contributed by atoms with Gasteiger partial charge in [-0.3, -0.25) is 0 Å². The molecule has 4 nitrogen and oxygen atoms in total. The summed E-state index contributed by atoms with van der Waals surface area (Å²) < 4.78 is 20.8. The number of rotatable bonds is 5. The van der Waals surface area contributed by atoms with Crippen molar-refractivity contribution in [2.75, 3.05) is 21.3 Å². The van der Waals surface area contributed by atoms with Crippen LogP contribution in [0.1, 0.15) is 13.8 Å². The van der Waals surface area contributed by atoms with Crippen LogP contribution in [-0.2, 0) is 41.9 Å². The van der Waals surface area contributed by atoms with Crippen molar-refractivity contribution in [3.05, 3.63) is 0 Å². The fourth-order valence-electron chi connectivity index (χ4n) is 0.906. The Morgan fingerprint density at radius 3 is 1.42 bits per heavy atom. The van der Waals surface area contributed by atoms with Crippen LogP contribution in [0.4, 0.5) is 0 Å². The summed E-state index contributed by atoms with van der Waals surface area (Å²) >= 11 is 0.521. The molecule has 71 valence electrons. The minimum absolute atomic E-state index is 0.521. The third-order valence-corrected chi connectivity index (χ3v) is 2.88. The van der Waals surface area contributed by atoms with Gasteiger partial charge in [0, 0.05) is 0 Å². The van der Waals surface area contributed by atoms with E-state index in [2.05, 4.69) is 0 Å². The Balaban J connectivity index is 4.69. The topological polar surface area (TPSA) is 36.9 Å². The first-order valence-electron chi connectivity index (χ1n) is 3.50. The van der Waals surface area contributed by atoms with E-state index < -0.39 is 11.6 Å². The van der Waals surface area contributed by atoms with E-state index in [1.807, 2.05) is 13.8 Å². The molecule has 0 radical (unpaired) electrons. The molecule has 0 aromatic rings. The molecule has 0 aromatic heterocycles. The van der Waals surface area contributed by atoms with Gasteiger partial charge in [-0.1, -0.05) is 0 Å². The van der Waals surface area contributed by atoms with E-state index in [4.69, 9.17) is 17.1 Å². The van der Waals surface area contributed by atoms with Crippen LogP contribution in [0, 0.1) is 0 Å². The van der Waals surface area contributed by atoms with E-state index in [1.54, 1.807) is 7.11 Å². The molecule has 0 fully saturated rings. The zero-order chi connectivity index (χ0) is 9.83. The first kappa shape index (κ1) is 12.7. The normalized spacial score (nSPS) is 13.3. The molecule has 0 unspecified atom stereocenters. The Morgan fingerprint density at radius 2 is 1.33 bits per heavy atom. The summed E-state index contributed by atoms with van der Waals surface area (Å²) in [5.74, 6) is -1.09. The Morgan fingerprint density at radius 1 is 0.917 bits per heavy atom. The third-order valence-electron chi connectivity index (χ3n) is 1.92. The van der Waals surface area contributed by atoms with Crippen LogP contribution in [0.2, 0.25) is 0 Å². The molecule has 0 N–H and O–H groups in total. The van der Waals surface area contributed by atoms with Crippen molar-refractivity contribution in [2.45, 2.75) is 25.4 Å². The van der Waals surface area contributed by atoms with Crippen LogP contribution < -0.4 is 0 Å². The van der Waals surface area contributed by atoms with Gasteiger partial charge in [0.15, 0.2) is 0 Å². The molecule has 0 amide bonds. The molecular weight excluding hydrogens is 327 g/mol. The molecule has 0 aliphatic heterocycles. The van der Waals surface area contributed by atoms with Crippen molar-refractivity contribution < 1.29 is 41.9 Å². The van der Waals surface area contributed by atoms with E-state index in [9.17, 15) is 0 Å². The SMILES string of the molecule is COC(C)(C)C(OC)(OC)[O][Hf]. The molecule has 0 atom stereocenters. The second kappa shape index (κ2) is 4.81. The predicted octanol–water partition coefficient (Wildman–Crippen LogP) is 0.836. The van der Waals surface area contributed by atoms with Crippen molar-refractivity contribution in [2.24, 2.45) is 0 Å². The van der Waals surface area contributed by atoms with Crippen molar-refractivity contribution in [3.8, 4) is 0 Å². The summed E-state index contributed by atoms with van der Waals surface area (Å²) in [6.45, 7) is 3.69. The van der Waals surface area contributed by atoms with Gasteiger partial charge in [0.2, 0.25) is 0 Å². The summed E-state index contributed by atoms with van der Waals surface area (Å²) in [6.07, 6.45) is 0. The molecule has 0 heterocycles. The van der Waals surface area contributed by atoms with Crippen LogP contribution >= 0.6 is 0 Å². The van der Waals surface area contributed by atoms with Crippen molar-refractivity contribution in [1.82, 2.24) is 0 Å². The third kappa shape index (κ3) is 2.14. The monoisotopic (exact) mass is 343 g/mol. The molecule has 5 heteroatoms. The average molecular weight is 342 g/mol. The first-order chi connectivity index (χ1) is 5.49. The summed E-state index contributed by atoms with van der Waals surface area (Å²) in [5.41, 5.74) is -0.627. The Hall–Kier alpha value is 0.710. The van der Waals surface area contributed by atoms with E-state index in [1.165, 1.54) is 14.2 Å². The number of hydrogen-bond donors (Lipinski definition) is 0. The molecule has 0 rings (SSSR count). The van der Waals surface area contributed by atoms with Gasteiger partial charge in [-0.05, 0) is 0 Å². The van der Waals surface area contributed by atoms with Gasteiger partial charge in [0.25, 0.3) is 0 Å². The van der Waals surface area contributed by atoms with Crippen molar-refractivity contribution >= 4 is 0 Å². The Bertz CT molecular complexity index is 125. The number of ether oxygens (including phenoxy) is 3. The second-order valence-electron chi connectivity index (χ2n) is 2.78. The first-order valence-corrected chi connectivity index (χ1v) is 4.96. The summed E-state index contributed by atoms with van der Waals surface area (Å²) in [4.78, 5) is 0. The van der Waals surface area contributed by atoms with Crippen LogP contribution in [0.5, 0.6) is 0 Å². The zero-order valence-corrected chi connectivity index (χ0v) is 11.7. The molecule has 0 aliphatic carbocycles. The predicted molar refractivity (Wildman–Crippen MR) is 38.9 cm³/mol. The van der Waals surface area contributed by atoms with Gasteiger partial charge in [0.05, 0.1) is 0 Å². The molecule has 0 bridgehead atoms. The van der Waals surface area contributed by atoms with E-state index in [0.717, 1.165) is 0 Å². The Labute approximate surface area is 88.7 Å². The van der Waals surface area contributed by atoms with E-state index in [0.29, 0.717) is 24.8 Å². The number of hydrogen-bond acceptors (Lipinski definition) is 4. The van der Waals surface area contributed by atoms with Crippen LogP contribution in [-0.4, -0.2) is 32.9 Å². The van der Waals surface area contributed by atoms with Crippen molar-refractivity contribution in [1.29, 1.82) is 0 Å². The molecule has 0 aliphatic rings. The van der Waals surface area contributed by atoms with E-state index in [-0.39, 0.29) is 0 Å². The fraction of sp³-hybridized carbons (Fsp3) is 1.00. The Kier molecular flexibility index (Phi) is 5.10. The van der Waals surface area contributed by atoms with Crippen LogP contribution in [0.25, 0.3) is 0 Å². The van der Waals surface area contributed by atoms with Crippen LogP contribution in [0.15, 0.2) is 0 Å². The number of methoxy groups -OCH3 is 3. The van der Waals surface area contributed by atoms with Gasteiger partial charge in [0.1, 0.15) is 0 Å². The van der Waals surface area contributed by atoms with Gasteiger partial charge >= 0.3 is 88.6 Å². The molecule has 0 saturated carbocycles. The maximum absolute atomic E-state index is 5.26. The minimum atomic E-state index is -1.09. The molecule has 0 spiro atoms. The summed E-state index contributed by atoms with van der Waals surface area (Å²) in [5, 5.41) is 0. The zero-order valence-electron chi connectivity index (χ0n) is 8.13. The summed E-state index contributed by atoms with van der Waals surface area (Å²) in [7, 11) is 4.65. The molecular formula is C7H15HfO4. The van der Waals surface area contributed by atoms with Crippen molar-refractivity contribution in [3.63, 3.8) is 0 Å². The van der Waals surface area contributed by atoms with E-state index >= 15 is 0 Å². The second-order valence-corrected chi connectivity index (χ2v) is 3.51. The fourth-order valence-corrected chi connectivity index (χ4v) is 2.39. The van der Waals surface area contributed by atoms with Gasteiger partial charge in [-0.2, -0.15) is 0 Å². The van der Waals surface area contributed by atoms with Gasteiger partial charge < -0.3 is 0 Å². The quantitative estimate of drug-likeness (QED) is 0.548. The average Bonchev–Trinajstić information content (AvgIpc) is 2.08. The molecule has 0 saturated heterocycles. The molecule has 12 heavy (non-hydrogen) atoms. The van der Waals surface area contributed by atoms with Crippen LogP contribution in [0.3, 0.4) is 0 Å². The summed E-state index contributed by atoms with van der Waals surface area (Å²) in [6, 6.07) is 0.